The minimum absolute atomic E-state index is 0.267. The number of nitrogens with zero attached hydrogens (tertiary/aromatic N) is 1. The smallest absolute Gasteiger partial charge is 0.137 e. The number of nitrogens with two attached hydrogens (primary N) is 1. The van der Waals surface area contributed by atoms with Gasteiger partial charge >= 0.3 is 0 Å². The van der Waals surface area contributed by atoms with Crippen LogP contribution in [0.3, 0.4) is 0 Å². The van der Waals surface area contributed by atoms with Crippen LogP contribution in [0.15, 0.2) is 21.6 Å². The molecule has 2 N–H and O–H groups in total. The Bertz CT molecular complexity index is 425. The highest BCUT2D eigenvalue weighted by molar-refractivity contribution is 9.10. The summed E-state index contributed by atoms with van der Waals surface area (Å²) in [5.74, 6) is 0.835. The molecule has 1 fully saturated rings. The zero-order valence-electron chi connectivity index (χ0n) is 8.43. The predicted octanol–water partition coefficient (Wildman–Crippen LogP) is 3.30. The molecule has 0 spiro atoms. The fourth-order valence-electron chi connectivity index (χ4n) is 1.37. The number of aryl methyl sites for hydroxylation is 1. The summed E-state index contributed by atoms with van der Waals surface area (Å²) in [5, 5.41) is 0. The molecule has 0 radical (unpaired) electrons. The maximum absolute atomic E-state index is 13.1. The Morgan fingerprint density at radius 2 is 2.20 bits per heavy atom. The number of rotatable bonds is 2. The van der Waals surface area contributed by atoms with Crippen LogP contribution in [-0.2, 0) is 0 Å². The van der Waals surface area contributed by atoms with Gasteiger partial charge in [0.05, 0.1) is 10.2 Å². The van der Waals surface area contributed by atoms with E-state index in [-0.39, 0.29) is 5.82 Å². The SMILES string of the molecule is Cc1cc(F)c(Br)cc1N=C(N)C1CC1. The summed E-state index contributed by atoms with van der Waals surface area (Å²) in [6, 6.07) is 3.13. The van der Waals surface area contributed by atoms with E-state index >= 15 is 0 Å². The van der Waals surface area contributed by atoms with Gasteiger partial charge in [-0.25, -0.2) is 9.38 Å². The molecule has 0 aromatic heterocycles. The molecule has 0 unspecified atom stereocenters. The number of aliphatic imine (C=N–C) groups is 1. The van der Waals surface area contributed by atoms with Crippen molar-refractivity contribution in [1.82, 2.24) is 0 Å². The summed E-state index contributed by atoms with van der Waals surface area (Å²) < 4.78 is 13.6. The minimum Gasteiger partial charge on any atom is -0.387 e. The van der Waals surface area contributed by atoms with Gasteiger partial charge in [0.1, 0.15) is 11.7 Å². The molecule has 15 heavy (non-hydrogen) atoms. The summed E-state index contributed by atoms with van der Waals surface area (Å²) in [6.45, 7) is 1.83. The molecule has 1 aromatic carbocycles. The number of benzene rings is 1. The average molecular weight is 271 g/mol. The van der Waals surface area contributed by atoms with Gasteiger partial charge in [0, 0.05) is 5.92 Å². The molecule has 0 heterocycles. The van der Waals surface area contributed by atoms with Crippen LogP contribution >= 0.6 is 15.9 Å². The van der Waals surface area contributed by atoms with Crippen molar-refractivity contribution in [2.45, 2.75) is 19.8 Å². The maximum atomic E-state index is 13.1. The van der Waals surface area contributed by atoms with Crippen molar-refractivity contribution >= 4 is 27.5 Å². The van der Waals surface area contributed by atoms with Crippen molar-refractivity contribution in [1.29, 1.82) is 0 Å². The number of hydrogen-bond donors (Lipinski definition) is 1. The van der Waals surface area contributed by atoms with Crippen molar-refractivity contribution in [2.24, 2.45) is 16.6 Å². The monoisotopic (exact) mass is 270 g/mol. The minimum atomic E-state index is -0.267. The normalized spacial score (nSPS) is 16.9. The van der Waals surface area contributed by atoms with Crippen LogP contribution < -0.4 is 5.73 Å². The first-order valence-electron chi connectivity index (χ1n) is 4.87. The second-order valence-corrected chi connectivity index (χ2v) is 4.72. The molecule has 1 aromatic rings. The summed E-state index contributed by atoms with van der Waals surface area (Å²) in [4.78, 5) is 4.32. The average Bonchev–Trinajstić information content (AvgIpc) is 2.97. The van der Waals surface area contributed by atoms with Gasteiger partial charge in [0.15, 0.2) is 0 Å². The third-order valence-corrected chi connectivity index (χ3v) is 3.09. The Labute approximate surface area is 96.5 Å². The van der Waals surface area contributed by atoms with Gasteiger partial charge in [0.2, 0.25) is 0 Å². The standard InChI is InChI=1S/C11H12BrFN2/c1-6-4-9(13)8(12)5-10(6)15-11(14)7-2-3-7/h4-5,7H,2-3H2,1H3,(H2,14,15). The quantitative estimate of drug-likeness (QED) is 0.650. The fourth-order valence-corrected chi connectivity index (χ4v) is 1.70. The summed E-state index contributed by atoms with van der Waals surface area (Å²) in [5.41, 5.74) is 7.36. The lowest BCUT2D eigenvalue weighted by Crippen LogP contribution is -2.13. The first kappa shape index (κ1) is 10.6. The van der Waals surface area contributed by atoms with Crippen LogP contribution in [-0.4, -0.2) is 5.84 Å². The van der Waals surface area contributed by atoms with Gasteiger partial charge in [-0.1, -0.05) is 0 Å². The molecular formula is C11H12BrFN2. The highest BCUT2D eigenvalue weighted by Gasteiger charge is 2.25. The van der Waals surface area contributed by atoms with Gasteiger partial charge < -0.3 is 5.73 Å². The van der Waals surface area contributed by atoms with E-state index in [4.69, 9.17) is 5.73 Å². The van der Waals surface area contributed by atoms with E-state index in [0.29, 0.717) is 16.2 Å². The van der Waals surface area contributed by atoms with E-state index < -0.39 is 0 Å². The summed E-state index contributed by atoms with van der Waals surface area (Å²) in [6.07, 6.45) is 2.24. The maximum Gasteiger partial charge on any atom is 0.137 e. The Morgan fingerprint density at radius 1 is 1.53 bits per heavy atom. The molecule has 1 saturated carbocycles. The third kappa shape index (κ3) is 2.37. The molecule has 1 aliphatic rings. The van der Waals surface area contributed by atoms with E-state index in [2.05, 4.69) is 20.9 Å². The topological polar surface area (TPSA) is 38.4 Å². The fraction of sp³-hybridized carbons (Fsp3) is 0.364. The molecule has 0 atom stereocenters. The third-order valence-electron chi connectivity index (χ3n) is 2.48. The van der Waals surface area contributed by atoms with Gasteiger partial charge in [-0.2, -0.15) is 0 Å². The molecule has 4 heteroatoms. The van der Waals surface area contributed by atoms with E-state index in [1.54, 1.807) is 6.07 Å². The van der Waals surface area contributed by atoms with Crippen LogP contribution in [0.2, 0.25) is 0 Å². The molecule has 0 amide bonds. The summed E-state index contributed by atoms with van der Waals surface area (Å²) >= 11 is 3.14. The van der Waals surface area contributed by atoms with Crippen LogP contribution in [0.4, 0.5) is 10.1 Å². The van der Waals surface area contributed by atoms with Gasteiger partial charge in [0.25, 0.3) is 0 Å². The first-order valence-corrected chi connectivity index (χ1v) is 5.67. The van der Waals surface area contributed by atoms with Crippen molar-refractivity contribution < 1.29 is 4.39 Å². The van der Waals surface area contributed by atoms with E-state index in [9.17, 15) is 4.39 Å². The zero-order chi connectivity index (χ0) is 11.0. The zero-order valence-corrected chi connectivity index (χ0v) is 10.0. The number of halogens is 2. The Balaban J connectivity index is 2.35. The second-order valence-electron chi connectivity index (χ2n) is 3.86. The van der Waals surface area contributed by atoms with Crippen molar-refractivity contribution in [3.63, 3.8) is 0 Å². The Morgan fingerprint density at radius 3 is 2.80 bits per heavy atom. The van der Waals surface area contributed by atoms with Gasteiger partial charge in [-0.15, -0.1) is 0 Å². The lowest BCUT2D eigenvalue weighted by atomic mass is 10.2. The molecular weight excluding hydrogens is 259 g/mol. The second kappa shape index (κ2) is 3.93. The molecule has 0 bridgehead atoms. The molecule has 2 nitrogen and oxygen atoms in total. The van der Waals surface area contributed by atoms with Crippen molar-refractivity contribution in [3.8, 4) is 0 Å². The number of hydrogen-bond acceptors (Lipinski definition) is 1. The molecule has 0 saturated heterocycles. The molecule has 1 aliphatic carbocycles. The summed E-state index contributed by atoms with van der Waals surface area (Å²) in [7, 11) is 0. The van der Waals surface area contributed by atoms with Gasteiger partial charge in [-0.05, 0) is 53.4 Å². The van der Waals surface area contributed by atoms with Gasteiger partial charge in [-0.3, -0.25) is 0 Å². The van der Waals surface area contributed by atoms with E-state index in [0.717, 1.165) is 24.1 Å². The van der Waals surface area contributed by atoms with Crippen molar-refractivity contribution in [3.05, 3.63) is 28.0 Å². The highest BCUT2D eigenvalue weighted by atomic mass is 79.9. The first-order chi connectivity index (χ1) is 7.08. The highest BCUT2D eigenvalue weighted by Crippen LogP contribution is 2.32. The molecule has 0 aliphatic heterocycles. The van der Waals surface area contributed by atoms with Crippen LogP contribution in [0, 0.1) is 18.7 Å². The molecule has 2 rings (SSSR count). The van der Waals surface area contributed by atoms with E-state index in [1.807, 2.05) is 6.92 Å². The van der Waals surface area contributed by atoms with Crippen molar-refractivity contribution in [2.75, 3.05) is 0 Å². The molecule has 80 valence electrons. The predicted molar refractivity (Wildman–Crippen MR) is 62.8 cm³/mol. The Kier molecular flexibility index (Phi) is 2.78. The van der Waals surface area contributed by atoms with Crippen LogP contribution in [0.5, 0.6) is 0 Å². The number of amidine groups is 1. The lowest BCUT2D eigenvalue weighted by Gasteiger charge is -2.04. The van der Waals surface area contributed by atoms with E-state index in [1.165, 1.54) is 6.07 Å². The van der Waals surface area contributed by atoms with Crippen LogP contribution in [0.25, 0.3) is 0 Å². The Hall–Kier alpha value is -0.900. The largest absolute Gasteiger partial charge is 0.387 e. The van der Waals surface area contributed by atoms with Crippen LogP contribution in [0.1, 0.15) is 18.4 Å². The lowest BCUT2D eigenvalue weighted by molar-refractivity contribution is 0.620.